The molecule has 0 fully saturated rings. The fourth-order valence-corrected chi connectivity index (χ4v) is 5.62. The van der Waals surface area contributed by atoms with Crippen molar-refractivity contribution in [1.82, 2.24) is 24.5 Å². The number of hydrogen-bond acceptors (Lipinski definition) is 8. The van der Waals surface area contributed by atoms with Crippen molar-refractivity contribution in [2.45, 2.75) is 19.5 Å². The highest BCUT2D eigenvalue weighted by Crippen LogP contribution is 2.32. The van der Waals surface area contributed by atoms with E-state index in [0.29, 0.717) is 23.4 Å². The van der Waals surface area contributed by atoms with E-state index in [1.807, 2.05) is 30.3 Å². The Kier molecular flexibility index (Phi) is 6.60. The molecule has 4 aromatic heterocycles. The summed E-state index contributed by atoms with van der Waals surface area (Å²) in [6.45, 7) is 2.08. The number of hydrogen-bond donors (Lipinski definition) is 2. The van der Waals surface area contributed by atoms with Crippen molar-refractivity contribution in [3.05, 3.63) is 105 Å². The number of halogens is 3. The molecule has 0 spiro atoms. The summed E-state index contributed by atoms with van der Waals surface area (Å²) < 4.78 is 28.7. The lowest BCUT2D eigenvalue weighted by Crippen LogP contribution is -2.25. The monoisotopic (exact) mass is 575 g/mol. The molecule has 6 aromatic rings. The summed E-state index contributed by atoms with van der Waals surface area (Å²) in [4.78, 5) is 32.6. The van der Waals surface area contributed by atoms with Gasteiger partial charge < -0.3 is 11.1 Å². The van der Waals surface area contributed by atoms with Crippen molar-refractivity contribution in [1.29, 1.82) is 0 Å². The van der Waals surface area contributed by atoms with Crippen LogP contribution >= 0.6 is 22.9 Å². The van der Waals surface area contributed by atoms with Gasteiger partial charge >= 0.3 is 0 Å². The van der Waals surface area contributed by atoms with Crippen LogP contribution in [0.4, 0.5) is 20.4 Å². The van der Waals surface area contributed by atoms with Crippen LogP contribution in [0.5, 0.6) is 0 Å². The number of pyridine rings is 1. The lowest BCUT2D eigenvalue weighted by atomic mass is 10.1. The van der Waals surface area contributed by atoms with E-state index in [0.717, 1.165) is 38.4 Å². The molecule has 0 aliphatic heterocycles. The second kappa shape index (κ2) is 10.2. The van der Waals surface area contributed by atoms with E-state index in [1.54, 1.807) is 18.3 Å². The maximum Gasteiger partial charge on any atom is 0.265 e. The summed E-state index contributed by atoms with van der Waals surface area (Å²) in [7, 11) is 0. The van der Waals surface area contributed by atoms with Crippen LogP contribution in [0.1, 0.15) is 23.4 Å². The first-order chi connectivity index (χ1) is 19.3. The highest BCUT2D eigenvalue weighted by atomic mass is 35.5. The summed E-state index contributed by atoms with van der Waals surface area (Å²) in [5.74, 6) is -1.25. The molecule has 0 saturated carbocycles. The van der Waals surface area contributed by atoms with Crippen LogP contribution in [0, 0.1) is 11.6 Å². The quantitative estimate of drug-likeness (QED) is 0.227. The minimum atomic E-state index is -0.988. The van der Waals surface area contributed by atoms with Gasteiger partial charge in [-0.25, -0.2) is 28.7 Å². The Hall–Kier alpha value is -4.48. The number of nitrogens with zero attached hydrogens (tertiary/aromatic N) is 5. The van der Waals surface area contributed by atoms with Crippen LogP contribution < -0.4 is 16.6 Å². The molecule has 0 saturated heterocycles. The van der Waals surface area contributed by atoms with Gasteiger partial charge in [-0.15, -0.1) is 11.3 Å². The lowest BCUT2D eigenvalue weighted by molar-refractivity contribution is 0.502. The van der Waals surface area contributed by atoms with E-state index >= 15 is 0 Å². The zero-order valence-corrected chi connectivity index (χ0v) is 22.5. The number of nitrogen functional groups attached to an aromatic ring is 1. The van der Waals surface area contributed by atoms with E-state index in [2.05, 4.69) is 25.3 Å². The van der Waals surface area contributed by atoms with Crippen molar-refractivity contribution in [2.24, 2.45) is 0 Å². The van der Waals surface area contributed by atoms with E-state index in [1.165, 1.54) is 29.4 Å². The molecule has 3 N–H and O–H groups in total. The van der Waals surface area contributed by atoms with Gasteiger partial charge in [-0.3, -0.25) is 9.36 Å². The van der Waals surface area contributed by atoms with Crippen molar-refractivity contribution in [3.8, 4) is 10.4 Å². The molecular weight excluding hydrogens is 556 g/mol. The van der Waals surface area contributed by atoms with Crippen LogP contribution in [0.3, 0.4) is 0 Å². The third kappa shape index (κ3) is 4.74. The Morgan fingerprint density at radius 3 is 2.70 bits per heavy atom. The zero-order chi connectivity index (χ0) is 28.0. The van der Waals surface area contributed by atoms with Crippen molar-refractivity contribution in [3.63, 3.8) is 0 Å². The predicted octanol–water partition coefficient (Wildman–Crippen LogP) is 6.20. The molecule has 6 rings (SSSR count). The highest BCUT2D eigenvalue weighted by Gasteiger charge is 2.18. The van der Waals surface area contributed by atoms with Gasteiger partial charge in [0.05, 0.1) is 29.9 Å². The maximum atomic E-state index is 13.9. The fourth-order valence-electron chi connectivity index (χ4n) is 4.49. The summed E-state index contributed by atoms with van der Waals surface area (Å²) >= 11 is 7.81. The Morgan fingerprint density at radius 1 is 1.02 bits per heavy atom. The summed E-state index contributed by atoms with van der Waals surface area (Å²) in [5, 5.41) is 4.42. The molecule has 0 aliphatic carbocycles. The van der Waals surface area contributed by atoms with E-state index in [-0.39, 0.29) is 16.4 Å². The van der Waals surface area contributed by atoms with E-state index in [4.69, 9.17) is 17.3 Å². The molecule has 0 bridgehead atoms. The van der Waals surface area contributed by atoms with Crippen LogP contribution in [-0.4, -0.2) is 24.5 Å². The summed E-state index contributed by atoms with van der Waals surface area (Å²) in [6, 6.07) is 14.3. The summed E-state index contributed by atoms with van der Waals surface area (Å²) in [5.41, 5.74) is 8.17. The normalized spacial score (nSPS) is 12.2. The first-order valence-corrected chi connectivity index (χ1v) is 13.3. The number of anilines is 2. The van der Waals surface area contributed by atoms with Gasteiger partial charge in [-0.05, 0) is 54.4 Å². The minimum Gasteiger partial charge on any atom is -0.383 e. The van der Waals surface area contributed by atoms with Gasteiger partial charge in [0.2, 0.25) is 0 Å². The average molecular weight is 576 g/mol. The SMILES string of the molecule is C[C@@H](c1ccc(F)c(F)c1)n1cnc2cc(Cl)nc(NCc3ccc(-c4ccc5ncnc(N)c5c4)s3)c2c1=O. The second-order valence-corrected chi connectivity index (χ2v) is 10.7. The van der Waals surface area contributed by atoms with Gasteiger partial charge in [0.1, 0.15) is 28.5 Å². The molecule has 0 amide bonds. The number of aromatic nitrogens is 5. The van der Waals surface area contributed by atoms with E-state index in [9.17, 15) is 13.6 Å². The molecule has 8 nitrogen and oxygen atoms in total. The molecule has 4 heterocycles. The molecule has 0 unspecified atom stereocenters. The van der Waals surface area contributed by atoms with Crippen molar-refractivity contribution >= 4 is 56.4 Å². The molecule has 12 heteroatoms. The van der Waals surface area contributed by atoms with Crippen molar-refractivity contribution < 1.29 is 8.78 Å². The number of rotatable bonds is 6. The molecule has 2 aromatic carbocycles. The zero-order valence-electron chi connectivity index (χ0n) is 20.9. The summed E-state index contributed by atoms with van der Waals surface area (Å²) in [6.07, 6.45) is 2.80. The second-order valence-electron chi connectivity index (χ2n) is 9.10. The predicted molar refractivity (Wildman–Crippen MR) is 154 cm³/mol. The third-order valence-corrected chi connectivity index (χ3v) is 7.95. The Labute approximate surface area is 235 Å². The molecule has 0 radical (unpaired) electrons. The number of benzene rings is 2. The highest BCUT2D eigenvalue weighted by molar-refractivity contribution is 7.15. The Bertz CT molecular complexity index is 1980. The Balaban J connectivity index is 1.30. The molecule has 1 atom stereocenters. The minimum absolute atomic E-state index is 0.177. The fraction of sp³-hybridized carbons (Fsp3) is 0.107. The number of fused-ring (bicyclic) bond motifs is 2. The van der Waals surface area contributed by atoms with Crippen LogP contribution in [-0.2, 0) is 6.54 Å². The Morgan fingerprint density at radius 2 is 1.88 bits per heavy atom. The van der Waals surface area contributed by atoms with Gasteiger partial charge in [-0.2, -0.15) is 0 Å². The average Bonchev–Trinajstić information content (AvgIpc) is 3.42. The van der Waals surface area contributed by atoms with Gasteiger partial charge in [-0.1, -0.05) is 23.7 Å². The van der Waals surface area contributed by atoms with Crippen LogP contribution in [0.15, 0.2) is 72.0 Å². The topological polar surface area (TPSA) is 112 Å². The van der Waals surface area contributed by atoms with Gasteiger partial charge in [0, 0.05) is 21.2 Å². The third-order valence-electron chi connectivity index (χ3n) is 6.62. The number of thiophene rings is 1. The maximum absolute atomic E-state index is 13.9. The van der Waals surface area contributed by atoms with Gasteiger partial charge in [0.15, 0.2) is 11.6 Å². The molecule has 40 heavy (non-hydrogen) atoms. The smallest absolute Gasteiger partial charge is 0.265 e. The van der Waals surface area contributed by atoms with Crippen LogP contribution in [0.25, 0.3) is 32.2 Å². The standard InChI is InChI=1S/C28H20ClF2N7OS/c1-14(15-2-5-19(30)20(31)9-15)38-13-36-22-10-24(29)37-27(25(22)28(38)39)33-11-17-4-7-23(40-17)16-3-6-21-18(8-16)26(32)35-12-34-21/h2-10,12-14H,11H2,1H3,(H,33,37)(H2,32,34,35)/t14-/m0/s1. The lowest BCUT2D eigenvalue weighted by Gasteiger charge is -2.17. The van der Waals surface area contributed by atoms with E-state index < -0.39 is 23.2 Å². The molecular formula is C28H20ClF2N7OS. The first kappa shape index (κ1) is 25.8. The van der Waals surface area contributed by atoms with Gasteiger partial charge in [0.25, 0.3) is 5.56 Å². The van der Waals surface area contributed by atoms with Crippen molar-refractivity contribution in [2.75, 3.05) is 11.1 Å². The first-order valence-electron chi connectivity index (χ1n) is 12.1. The molecule has 0 aliphatic rings. The number of nitrogens with two attached hydrogens (primary N) is 1. The largest absolute Gasteiger partial charge is 0.383 e. The number of nitrogens with one attached hydrogen (secondary N) is 1. The molecule has 200 valence electrons. The van der Waals surface area contributed by atoms with Crippen LogP contribution in [0.2, 0.25) is 5.15 Å².